The third-order valence-corrected chi connectivity index (χ3v) is 2.80. The lowest BCUT2D eigenvalue weighted by molar-refractivity contribution is -0.138. The Kier molecular flexibility index (Phi) is 2.76. The average Bonchev–Trinajstić information content (AvgIpc) is 2.64. The summed E-state index contributed by atoms with van der Waals surface area (Å²) in [6.07, 6.45) is -0.488. The van der Waals surface area contributed by atoms with Crippen LogP contribution >= 0.6 is 0 Å². The Morgan fingerprint density at radius 2 is 2.18 bits per heavy atom. The fraction of sp³-hybridized carbons (Fsp3) is 0.400. The van der Waals surface area contributed by atoms with Crippen molar-refractivity contribution in [1.29, 1.82) is 0 Å². The number of carboxylic acid groups (broad SMARTS) is 1. The number of nitrogens with zero attached hydrogens (tertiary/aromatic N) is 2. The molecule has 1 fully saturated rings. The van der Waals surface area contributed by atoms with Crippen LogP contribution in [0, 0.1) is 0 Å². The minimum Gasteiger partial charge on any atom is -0.480 e. The summed E-state index contributed by atoms with van der Waals surface area (Å²) in [5.41, 5.74) is 11.5. The van der Waals surface area contributed by atoms with E-state index in [4.69, 9.17) is 16.6 Å². The summed E-state index contributed by atoms with van der Waals surface area (Å²) in [6, 6.07) is 2.39. The van der Waals surface area contributed by atoms with Crippen LogP contribution in [0.3, 0.4) is 0 Å². The first-order valence-corrected chi connectivity index (χ1v) is 5.18. The van der Waals surface area contributed by atoms with Crippen molar-refractivity contribution in [2.24, 2.45) is 0 Å². The normalized spacial score (nSPS) is 23.9. The van der Waals surface area contributed by atoms with Gasteiger partial charge >= 0.3 is 5.97 Å². The van der Waals surface area contributed by atoms with Gasteiger partial charge in [-0.2, -0.15) is 0 Å². The molecule has 7 heteroatoms. The predicted molar refractivity (Wildman–Crippen MR) is 62.5 cm³/mol. The summed E-state index contributed by atoms with van der Waals surface area (Å²) in [5, 5.41) is 18.6. The number of aliphatic carboxylic acids is 1. The third kappa shape index (κ3) is 2.09. The predicted octanol–water partition coefficient (Wildman–Crippen LogP) is -0.730. The molecule has 0 aromatic carbocycles. The summed E-state index contributed by atoms with van der Waals surface area (Å²) in [4.78, 5) is 16.6. The molecule has 92 valence electrons. The summed E-state index contributed by atoms with van der Waals surface area (Å²) in [6.45, 7) is 0.229. The van der Waals surface area contributed by atoms with Crippen molar-refractivity contribution in [3.63, 3.8) is 0 Å². The number of carbonyl (C=O) groups is 1. The van der Waals surface area contributed by atoms with E-state index in [0.717, 1.165) is 0 Å². The van der Waals surface area contributed by atoms with Crippen LogP contribution in [0.1, 0.15) is 6.42 Å². The van der Waals surface area contributed by atoms with Gasteiger partial charge in [-0.15, -0.1) is 0 Å². The smallest absolute Gasteiger partial charge is 0.326 e. The number of hydrogen-bond donors (Lipinski definition) is 4. The largest absolute Gasteiger partial charge is 0.480 e. The molecule has 17 heavy (non-hydrogen) atoms. The standard InChI is InChI=1S/C10H14N4O3/c11-6-1-2-8(13-9(6)12)14-4-5(15)3-7(14)10(16)17/h1-2,5,7,15H,3-4,11H2,(H2,12,13)(H,16,17). The first-order chi connectivity index (χ1) is 7.99. The number of β-amino-alcohol motifs (C(OH)–C–C–N with tert-alkyl or cyclic N) is 1. The second-order valence-electron chi connectivity index (χ2n) is 4.04. The molecule has 0 saturated carbocycles. The number of hydrogen-bond acceptors (Lipinski definition) is 6. The number of nitrogens with two attached hydrogens (primary N) is 2. The summed E-state index contributed by atoms with van der Waals surface area (Å²) < 4.78 is 0. The van der Waals surface area contributed by atoms with Gasteiger partial charge in [-0.05, 0) is 12.1 Å². The van der Waals surface area contributed by atoms with Gasteiger partial charge in [0, 0.05) is 13.0 Å². The lowest BCUT2D eigenvalue weighted by Crippen LogP contribution is -2.36. The quantitative estimate of drug-likeness (QED) is 0.535. The molecule has 1 aromatic rings. The minimum absolute atomic E-state index is 0.160. The zero-order valence-corrected chi connectivity index (χ0v) is 9.08. The van der Waals surface area contributed by atoms with E-state index < -0.39 is 18.1 Å². The Morgan fingerprint density at radius 1 is 1.47 bits per heavy atom. The van der Waals surface area contributed by atoms with Crippen molar-refractivity contribution in [1.82, 2.24) is 4.98 Å². The molecule has 2 heterocycles. The van der Waals surface area contributed by atoms with E-state index in [9.17, 15) is 9.90 Å². The molecule has 2 rings (SSSR count). The number of nitrogen functional groups attached to an aromatic ring is 2. The zero-order valence-electron chi connectivity index (χ0n) is 9.08. The number of anilines is 3. The highest BCUT2D eigenvalue weighted by molar-refractivity contribution is 5.79. The lowest BCUT2D eigenvalue weighted by Gasteiger charge is -2.22. The van der Waals surface area contributed by atoms with E-state index in [2.05, 4.69) is 4.98 Å². The van der Waals surface area contributed by atoms with Gasteiger partial charge in [0.2, 0.25) is 0 Å². The van der Waals surface area contributed by atoms with Gasteiger partial charge in [-0.1, -0.05) is 0 Å². The van der Waals surface area contributed by atoms with Gasteiger partial charge in [-0.3, -0.25) is 0 Å². The molecule has 1 saturated heterocycles. The molecule has 0 amide bonds. The highest BCUT2D eigenvalue weighted by Crippen LogP contribution is 2.26. The van der Waals surface area contributed by atoms with Crippen molar-refractivity contribution in [2.45, 2.75) is 18.6 Å². The summed E-state index contributed by atoms with van der Waals surface area (Å²) >= 11 is 0. The van der Waals surface area contributed by atoms with Crippen LogP contribution in [-0.4, -0.2) is 39.9 Å². The van der Waals surface area contributed by atoms with E-state index >= 15 is 0 Å². The fourth-order valence-corrected chi connectivity index (χ4v) is 1.94. The van der Waals surface area contributed by atoms with Gasteiger partial charge in [-0.25, -0.2) is 9.78 Å². The van der Waals surface area contributed by atoms with E-state index in [-0.39, 0.29) is 18.8 Å². The third-order valence-electron chi connectivity index (χ3n) is 2.80. The molecule has 1 aromatic heterocycles. The Morgan fingerprint density at radius 3 is 2.76 bits per heavy atom. The maximum atomic E-state index is 11.0. The second-order valence-corrected chi connectivity index (χ2v) is 4.04. The van der Waals surface area contributed by atoms with Gasteiger partial charge in [0.15, 0.2) is 0 Å². The first-order valence-electron chi connectivity index (χ1n) is 5.18. The minimum atomic E-state index is -0.987. The monoisotopic (exact) mass is 238 g/mol. The number of aliphatic hydroxyl groups is 1. The van der Waals surface area contributed by atoms with Crippen molar-refractivity contribution in [3.05, 3.63) is 12.1 Å². The second kappa shape index (κ2) is 4.10. The molecule has 1 aliphatic heterocycles. The topological polar surface area (TPSA) is 126 Å². The fourth-order valence-electron chi connectivity index (χ4n) is 1.94. The van der Waals surface area contributed by atoms with E-state index in [1.807, 2.05) is 0 Å². The molecule has 1 aliphatic rings. The maximum absolute atomic E-state index is 11.0. The van der Waals surface area contributed by atoms with Crippen molar-refractivity contribution < 1.29 is 15.0 Å². The average molecular weight is 238 g/mol. The van der Waals surface area contributed by atoms with Crippen LogP contribution in [-0.2, 0) is 4.79 Å². The van der Waals surface area contributed by atoms with Crippen molar-refractivity contribution in [3.8, 4) is 0 Å². The molecule has 0 bridgehead atoms. The highest BCUT2D eigenvalue weighted by atomic mass is 16.4. The lowest BCUT2D eigenvalue weighted by atomic mass is 10.2. The number of carboxylic acids is 1. The number of aromatic nitrogens is 1. The van der Waals surface area contributed by atoms with Crippen LogP contribution in [0.25, 0.3) is 0 Å². The number of aliphatic hydroxyl groups excluding tert-OH is 1. The Balaban J connectivity index is 2.31. The molecule has 7 nitrogen and oxygen atoms in total. The van der Waals surface area contributed by atoms with Crippen molar-refractivity contribution in [2.75, 3.05) is 22.9 Å². The SMILES string of the molecule is Nc1ccc(N2CC(O)CC2C(=O)O)nc1N. The number of rotatable bonds is 2. The van der Waals surface area contributed by atoms with Crippen molar-refractivity contribution >= 4 is 23.3 Å². The molecule has 0 aliphatic carbocycles. The van der Waals surface area contributed by atoms with E-state index in [0.29, 0.717) is 11.5 Å². The molecule has 2 atom stereocenters. The number of pyridine rings is 1. The van der Waals surface area contributed by atoms with Gasteiger partial charge in [0.1, 0.15) is 17.7 Å². The molecule has 6 N–H and O–H groups in total. The first kappa shape index (κ1) is 11.5. The maximum Gasteiger partial charge on any atom is 0.326 e. The zero-order chi connectivity index (χ0) is 12.6. The van der Waals surface area contributed by atoms with Crippen LogP contribution in [0.4, 0.5) is 17.3 Å². The molecule has 2 unspecified atom stereocenters. The Bertz CT molecular complexity index is 451. The van der Waals surface area contributed by atoms with Crippen LogP contribution in [0.15, 0.2) is 12.1 Å². The van der Waals surface area contributed by atoms with Gasteiger partial charge in [0.05, 0.1) is 11.8 Å². The van der Waals surface area contributed by atoms with Gasteiger partial charge < -0.3 is 26.6 Å². The molecular weight excluding hydrogens is 224 g/mol. The Hall–Kier alpha value is -2.02. The van der Waals surface area contributed by atoms with Crippen LogP contribution < -0.4 is 16.4 Å². The molecule has 0 spiro atoms. The highest BCUT2D eigenvalue weighted by Gasteiger charge is 2.36. The Labute approximate surface area is 97.7 Å². The summed E-state index contributed by atoms with van der Waals surface area (Å²) in [5.74, 6) is -0.410. The van der Waals surface area contributed by atoms with Crippen LogP contribution in [0.5, 0.6) is 0 Å². The van der Waals surface area contributed by atoms with E-state index in [1.165, 1.54) is 4.90 Å². The van der Waals surface area contributed by atoms with Gasteiger partial charge in [0.25, 0.3) is 0 Å². The molecular formula is C10H14N4O3. The summed E-state index contributed by atoms with van der Waals surface area (Å²) in [7, 11) is 0. The van der Waals surface area contributed by atoms with Crippen LogP contribution in [0.2, 0.25) is 0 Å². The van der Waals surface area contributed by atoms with E-state index in [1.54, 1.807) is 12.1 Å². The molecule has 0 radical (unpaired) electrons.